The summed E-state index contributed by atoms with van der Waals surface area (Å²) in [4.78, 5) is 24.7. The third-order valence-corrected chi connectivity index (χ3v) is 6.42. The molecule has 3 rings (SSSR count). The third-order valence-electron chi connectivity index (χ3n) is 4.76. The molecule has 0 radical (unpaired) electrons. The van der Waals surface area contributed by atoms with Gasteiger partial charge in [-0.1, -0.05) is 18.2 Å². The lowest BCUT2D eigenvalue weighted by Gasteiger charge is -2.24. The van der Waals surface area contributed by atoms with Gasteiger partial charge in [-0.05, 0) is 62.7 Å². The fourth-order valence-electron chi connectivity index (χ4n) is 3.23. The van der Waals surface area contributed by atoms with Gasteiger partial charge in [-0.3, -0.25) is 0 Å². The number of carboxylic acid groups (broad SMARTS) is 1. The number of hydrogen-bond acceptors (Lipinski definition) is 5. The lowest BCUT2D eigenvalue weighted by molar-refractivity contribution is 0.0285. The molecule has 10 heteroatoms. The molecule has 1 heterocycles. The quantitative estimate of drug-likeness (QED) is 0.544. The van der Waals surface area contributed by atoms with E-state index in [0.29, 0.717) is 5.56 Å². The first kappa shape index (κ1) is 25.0. The molecule has 0 aliphatic carbocycles. The predicted molar refractivity (Wildman–Crippen MR) is 124 cm³/mol. The first-order valence-corrected chi connectivity index (χ1v) is 11.7. The predicted octanol–water partition coefficient (Wildman–Crippen LogP) is 4.60. The molecule has 0 aliphatic heterocycles. The molecular weight excluding hydrogens is 463 g/mol. The van der Waals surface area contributed by atoms with Gasteiger partial charge in [0, 0.05) is 18.8 Å². The van der Waals surface area contributed by atoms with E-state index in [0.717, 1.165) is 10.0 Å². The first-order chi connectivity index (χ1) is 15.8. The first-order valence-electron chi connectivity index (χ1n) is 10.3. The molecule has 0 saturated carbocycles. The maximum absolute atomic E-state index is 14.6. The Hall–Kier alpha value is -3.66. The molecule has 0 bridgehead atoms. The monoisotopic (exact) mass is 488 g/mol. The number of aromatic nitrogens is 1. The van der Waals surface area contributed by atoms with E-state index in [9.17, 15) is 27.5 Å². The molecule has 3 aromatic rings. The molecule has 0 spiro atoms. The van der Waals surface area contributed by atoms with Crippen LogP contribution < -0.4 is 0 Å². The van der Waals surface area contributed by atoms with Gasteiger partial charge in [0.15, 0.2) is 0 Å². The second kappa shape index (κ2) is 9.30. The van der Waals surface area contributed by atoms with E-state index >= 15 is 0 Å². The van der Waals surface area contributed by atoms with E-state index in [-0.39, 0.29) is 28.3 Å². The Morgan fingerprint density at radius 1 is 1.09 bits per heavy atom. The lowest BCUT2D eigenvalue weighted by Crippen LogP contribution is -2.33. The van der Waals surface area contributed by atoms with Crippen molar-refractivity contribution in [3.05, 3.63) is 77.7 Å². The van der Waals surface area contributed by atoms with Gasteiger partial charge in [0.25, 0.3) is 10.0 Å². The number of amides is 1. The molecule has 0 atom stereocenters. The average Bonchev–Trinajstić information content (AvgIpc) is 3.17. The Morgan fingerprint density at radius 2 is 1.76 bits per heavy atom. The van der Waals surface area contributed by atoms with Gasteiger partial charge < -0.3 is 14.7 Å². The maximum Gasteiger partial charge on any atom is 0.410 e. The van der Waals surface area contributed by atoms with Crippen LogP contribution in [0.1, 0.15) is 36.7 Å². The van der Waals surface area contributed by atoms with E-state index in [1.807, 2.05) is 0 Å². The summed E-state index contributed by atoms with van der Waals surface area (Å²) in [5.41, 5.74) is -0.443. The van der Waals surface area contributed by atoms with Crippen molar-refractivity contribution in [2.45, 2.75) is 37.8 Å². The molecule has 0 unspecified atom stereocenters. The van der Waals surface area contributed by atoms with Gasteiger partial charge >= 0.3 is 12.1 Å². The molecule has 0 fully saturated rings. The number of carboxylic acids is 1. The number of ether oxygens (including phenoxy) is 1. The summed E-state index contributed by atoms with van der Waals surface area (Å²) in [6, 6.07) is 12.1. The molecule has 2 aromatic carbocycles. The van der Waals surface area contributed by atoms with Crippen LogP contribution in [0.4, 0.5) is 9.18 Å². The van der Waals surface area contributed by atoms with Crippen molar-refractivity contribution in [2.75, 3.05) is 7.05 Å². The molecule has 1 aromatic heterocycles. The Balaban J connectivity index is 2.10. The van der Waals surface area contributed by atoms with E-state index < -0.39 is 33.5 Å². The van der Waals surface area contributed by atoms with Crippen molar-refractivity contribution in [1.82, 2.24) is 8.87 Å². The van der Waals surface area contributed by atoms with Gasteiger partial charge in [0.2, 0.25) is 0 Å². The highest BCUT2D eigenvalue weighted by Crippen LogP contribution is 2.30. The van der Waals surface area contributed by atoms with Crippen LogP contribution in [0.15, 0.2) is 65.7 Å². The Kier molecular flexibility index (Phi) is 6.83. The van der Waals surface area contributed by atoms with Crippen LogP contribution in [0.25, 0.3) is 11.3 Å². The molecule has 180 valence electrons. The summed E-state index contributed by atoms with van der Waals surface area (Å²) in [6.07, 6.45) is 0.676. The van der Waals surface area contributed by atoms with Gasteiger partial charge in [-0.25, -0.2) is 26.4 Å². The molecule has 8 nitrogen and oxygen atoms in total. The largest absolute Gasteiger partial charge is 0.478 e. The van der Waals surface area contributed by atoms with Crippen LogP contribution >= 0.6 is 0 Å². The number of nitrogens with zero attached hydrogens (tertiary/aromatic N) is 2. The minimum Gasteiger partial charge on any atom is -0.478 e. The van der Waals surface area contributed by atoms with Gasteiger partial charge in [0.1, 0.15) is 11.4 Å². The van der Waals surface area contributed by atoms with Crippen molar-refractivity contribution < 1.29 is 32.2 Å². The third kappa shape index (κ3) is 5.45. The molecule has 0 aliphatic rings. The topological polar surface area (TPSA) is 106 Å². The SMILES string of the molecule is CN(Cc1cc(-c2ccccc2F)n(S(=O)(=O)c2cccc(C(=O)O)c2)c1)C(=O)OC(C)(C)C. The zero-order valence-corrected chi connectivity index (χ0v) is 20.0. The number of hydrogen-bond donors (Lipinski definition) is 1. The average molecular weight is 489 g/mol. The zero-order chi connectivity index (χ0) is 25.3. The minimum atomic E-state index is -4.30. The van der Waals surface area contributed by atoms with Crippen LogP contribution in [0.3, 0.4) is 0 Å². The van der Waals surface area contributed by atoms with Gasteiger partial charge in [-0.2, -0.15) is 0 Å². The number of carbonyl (C=O) groups is 2. The van der Waals surface area contributed by atoms with Crippen LogP contribution in [-0.4, -0.2) is 47.1 Å². The molecular formula is C24H25FN2O6S. The van der Waals surface area contributed by atoms with E-state index in [4.69, 9.17) is 4.74 Å². The summed E-state index contributed by atoms with van der Waals surface area (Å²) >= 11 is 0. The van der Waals surface area contributed by atoms with Crippen molar-refractivity contribution in [3.8, 4) is 11.3 Å². The number of benzene rings is 2. The zero-order valence-electron chi connectivity index (χ0n) is 19.1. The standard InChI is InChI=1S/C24H25FN2O6S/c1-24(2,3)33-23(30)26(4)14-16-12-21(19-10-5-6-11-20(19)25)27(15-16)34(31,32)18-9-7-8-17(13-18)22(28)29/h5-13,15H,14H2,1-4H3,(H,28,29). The highest BCUT2D eigenvalue weighted by Gasteiger charge is 2.26. The van der Waals surface area contributed by atoms with Crippen molar-refractivity contribution in [2.24, 2.45) is 0 Å². The van der Waals surface area contributed by atoms with E-state index in [2.05, 4.69) is 0 Å². The van der Waals surface area contributed by atoms with Crippen LogP contribution in [0, 0.1) is 5.82 Å². The van der Waals surface area contributed by atoms with Crippen molar-refractivity contribution in [1.29, 1.82) is 0 Å². The normalized spacial score (nSPS) is 11.8. The molecule has 34 heavy (non-hydrogen) atoms. The smallest absolute Gasteiger partial charge is 0.410 e. The number of aromatic carboxylic acids is 1. The summed E-state index contributed by atoms with van der Waals surface area (Å²) in [7, 11) is -2.80. The van der Waals surface area contributed by atoms with Crippen LogP contribution in [0.2, 0.25) is 0 Å². The Labute approximate surface area is 197 Å². The number of carbonyl (C=O) groups excluding carboxylic acids is 1. The fourth-order valence-corrected chi connectivity index (χ4v) is 4.67. The maximum atomic E-state index is 14.6. The lowest BCUT2D eigenvalue weighted by atomic mass is 10.1. The minimum absolute atomic E-state index is 0.00590. The van der Waals surface area contributed by atoms with E-state index in [1.54, 1.807) is 26.8 Å². The molecule has 0 saturated heterocycles. The van der Waals surface area contributed by atoms with Crippen LogP contribution in [-0.2, 0) is 21.3 Å². The Morgan fingerprint density at radius 3 is 2.38 bits per heavy atom. The second-order valence-electron chi connectivity index (χ2n) is 8.68. The van der Waals surface area contributed by atoms with Crippen molar-refractivity contribution >= 4 is 22.1 Å². The summed E-state index contributed by atoms with van der Waals surface area (Å²) in [5.74, 6) is -1.91. The highest BCUT2D eigenvalue weighted by atomic mass is 32.2. The van der Waals surface area contributed by atoms with Crippen LogP contribution in [0.5, 0.6) is 0 Å². The number of rotatable bonds is 6. The number of halogens is 1. The highest BCUT2D eigenvalue weighted by molar-refractivity contribution is 7.90. The van der Waals surface area contributed by atoms with E-state index in [1.165, 1.54) is 60.6 Å². The second-order valence-corrected chi connectivity index (χ2v) is 10.5. The van der Waals surface area contributed by atoms with Gasteiger partial charge in [-0.15, -0.1) is 0 Å². The summed E-state index contributed by atoms with van der Waals surface area (Å²) < 4.78 is 47.8. The van der Waals surface area contributed by atoms with Crippen molar-refractivity contribution in [3.63, 3.8) is 0 Å². The fraction of sp³-hybridized carbons (Fsp3) is 0.250. The summed E-state index contributed by atoms with van der Waals surface area (Å²) in [6.45, 7) is 5.17. The summed E-state index contributed by atoms with van der Waals surface area (Å²) in [5, 5.41) is 9.25. The molecule has 1 N–H and O–H groups in total. The van der Waals surface area contributed by atoms with Gasteiger partial charge in [0.05, 0.1) is 22.7 Å². The Bertz CT molecular complexity index is 1340. The molecule has 1 amide bonds.